The number of carbonyl (C=O) groups is 2. The first-order valence-electron chi connectivity index (χ1n) is 12.6. The molecule has 1 heterocycles. The molecule has 1 saturated heterocycles. The summed E-state index contributed by atoms with van der Waals surface area (Å²) in [6, 6.07) is 15.0. The molecule has 2 aromatic carbocycles. The Morgan fingerprint density at radius 3 is 2.35 bits per heavy atom. The van der Waals surface area contributed by atoms with Gasteiger partial charge in [0.25, 0.3) is 5.91 Å². The quantitative estimate of drug-likeness (QED) is 0.424. The topological polar surface area (TPSA) is 49.9 Å². The molecule has 4 rings (SSSR count). The summed E-state index contributed by atoms with van der Waals surface area (Å²) in [5.41, 5.74) is 1.94. The number of rotatable bonds is 9. The maximum Gasteiger partial charge on any atom is 0.250 e. The van der Waals surface area contributed by atoms with E-state index in [-0.39, 0.29) is 24.4 Å². The molecule has 1 aliphatic carbocycles. The van der Waals surface area contributed by atoms with Crippen LogP contribution in [0.5, 0.6) is 5.75 Å². The van der Waals surface area contributed by atoms with Gasteiger partial charge in [-0.25, -0.2) is 0 Å². The van der Waals surface area contributed by atoms with Gasteiger partial charge in [-0.15, -0.1) is 0 Å². The predicted molar refractivity (Wildman–Crippen MR) is 135 cm³/mol. The van der Waals surface area contributed by atoms with E-state index < -0.39 is 6.04 Å². The van der Waals surface area contributed by atoms with Gasteiger partial charge < -0.3 is 14.5 Å². The van der Waals surface area contributed by atoms with Crippen molar-refractivity contribution in [2.75, 3.05) is 19.7 Å². The van der Waals surface area contributed by atoms with Crippen molar-refractivity contribution in [1.29, 1.82) is 0 Å². The molecule has 0 aromatic heterocycles. The van der Waals surface area contributed by atoms with Gasteiger partial charge in [-0.1, -0.05) is 68.5 Å². The smallest absolute Gasteiger partial charge is 0.250 e. The zero-order valence-corrected chi connectivity index (χ0v) is 20.8. The van der Waals surface area contributed by atoms with Gasteiger partial charge in [0.05, 0.1) is 6.61 Å². The zero-order valence-electron chi connectivity index (χ0n) is 20.0. The third-order valence-corrected chi connectivity index (χ3v) is 7.24. The molecule has 2 amide bonds. The van der Waals surface area contributed by atoms with E-state index in [4.69, 9.17) is 16.3 Å². The van der Waals surface area contributed by atoms with E-state index in [0.29, 0.717) is 24.6 Å². The van der Waals surface area contributed by atoms with Gasteiger partial charge in [-0.2, -0.15) is 0 Å². The van der Waals surface area contributed by atoms with Crippen LogP contribution in [0.25, 0.3) is 0 Å². The molecule has 2 fully saturated rings. The van der Waals surface area contributed by atoms with Crippen molar-refractivity contribution in [2.45, 2.75) is 70.4 Å². The number of carbonyl (C=O) groups excluding carboxylic acids is 2. The highest BCUT2D eigenvalue weighted by molar-refractivity contribution is 6.30. The summed E-state index contributed by atoms with van der Waals surface area (Å²) < 4.78 is 5.81. The van der Waals surface area contributed by atoms with Crippen molar-refractivity contribution >= 4 is 23.4 Å². The molecular weight excluding hydrogens is 448 g/mol. The first-order chi connectivity index (χ1) is 16.6. The minimum Gasteiger partial charge on any atom is -0.494 e. The number of hydrogen-bond acceptors (Lipinski definition) is 3. The molecule has 0 N–H and O–H groups in total. The van der Waals surface area contributed by atoms with Gasteiger partial charge in [0.15, 0.2) is 0 Å². The lowest BCUT2D eigenvalue weighted by Gasteiger charge is -2.44. The fraction of sp³-hybridized carbons (Fsp3) is 0.500. The number of nitrogens with zero attached hydrogens (tertiary/aromatic N) is 2. The van der Waals surface area contributed by atoms with Crippen molar-refractivity contribution in [2.24, 2.45) is 0 Å². The van der Waals surface area contributed by atoms with Gasteiger partial charge in [0, 0.05) is 17.6 Å². The Bertz CT molecular complexity index is 955. The van der Waals surface area contributed by atoms with Crippen molar-refractivity contribution < 1.29 is 14.3 Å². The van der Waals surface area contributed by atoms with Gasteiger partial charge >= 0.3 is 0 Å². The summed E-state index contributed by atoms with van der Waals surface area (Å²) >= 11 is 6.02. The van der Waals surface area contributed by atoms with Gasteiger partial charge in [0.1, 0.15) is 18.3 Å². The van der Waals surface area contributed by atoms with Crippen LogP contribution in [0.2, 0.25) is 5.02 Å². The lowest BCUT2D eigenvalue weighted by Crippen LogP contribution is -2.58. The van der Waals surface area contributed by atoms with Crippen LogP contribution in [-0.4, -0.2) is 47.4 Å². The fourth-order valence-corrected chi connectivity index (χ4v) is 5.13. The molecule has 6 heteroatoms. The van der Waals surface area contributed by atoms with Crippen molar-refractivity contribution in [1.82, 2.24) is 9.80 Å². The van der Waals surface area contributed by atoms with E-state index in [1.54, 1.807) is 4.90 Å². The predicted octanol–water partition coefficient (Wildman–Crippen LogP) is 5.81. The number of unbranched alkanes of at least 4 members (excludes halogenated alkanes) is 1. The second-order valence-corrected chi connectivity index (χ2v) is 9.83. The summed E-state index contributed by atoms with van der Waals surface area (Å²) in [5.74, 6) is 0.860. The Morgan fingerprint density at radius 1 is 0.971 bits per heavy atom. The van der Waals surface area contributed by atoms with Gasteiger partial charge in [0.2, 0.25) is 5.91 Å². The van der Waals surface area contributed by atoms with Crippen LogP contribution in [-0.2, 0) is 16.0 Å². The highest BCUT2D eigenvalue weighted by atomic mass is 35.5. The van der Waals surface area contributed by atoms with Crippen molar-refractivity contribution in [3.63, 3.8) is 0 Å². The number of halogens is 1. The third-order valence-electron chi connectivity index (χ3n) is 6.99. The maximum atomic E-state index is 13.8. The molecule has 1 atom stereocenters. The largest absolute Gasteiger partial charge is 0.494 e. The van der Waals surface area contributed by atoms with E-state index in [2.05, 4.69) is 6.92 Å². The molecular formula is C28H35ClN2O3. The fourth-order valence-electron chi connectivity index (χ4n) is 5.01. The number of benzene rings is 2. The minimum atomic E-state index is -0.597. The average molecular weight is 483 g/mol. The summed E-state index contributed by atoms with van der Waals surface area (Å²) in [6.45, 7) is 3.48. The number of hydrogen-bond donors (Lipinski definition) is 0. The monoisotopic (exact) mass is 482 g/mol. The van der Waals surface area contributed by atoms with Crippen molar-refractivity contribution in [3.05, 3.63) is 64.7 Å². The van der Waals surface area contributed by atoms with E-state index in [0.717, 1.165) is 55.4 Å². The first-order valence-corrected chi connectivity index (χ1v) is 13.0. The molecule has 182 valence electrons. The average Bonchev–Trinajstić information content (AvgIpc) is 2.86. The molecule has 2 aliphatic rings. The molecule has 1 aliphatic heterocycles. The number of ether oxygens (including phenoxy) is 1. The highest BCUT2D eigenvalue weighted by Gasteiger charge is 2.42. The van der Waals surface area contributed by atoms with E-state index in [1.165, 1.54) is 6.42 Å². The summed E-state index contributed by atoms with van der Waals surface area (Å²) in [6.07, 6.45) is 8.19. The third kappa shape index (κ3) is 5.93. The van der Waals surface area contributed by atoms with E-state index >= 15 is 0 Å². The molecule has 0 radical (unpaired) electrons. The number of amides is 2. The lowest BCUT2D eigenvalue weighted by molar-refractivity contribution is -0.159. The summed E-state index contributed by atoms with van der Waals surface area (Å²) in [5, 5.41) is 0.690. The van der Waals surface area contributed by atoms with Crippen LogP contribution in [0.4, 0.5) is 0 Å². The van der Waals surface area contributed by atoms with Gasteiger partial charge in [-0.05, 0) is 61.1 Å². The first kappa shape index (κ1) is 24.6. The van der Waals surface area contributed by atoms with Crippen LogP contribution in [0.1, 0.15) is 69.0 Å². The maximum absolute atomic E-state index is 13.8. The summed E-state index contributed by atoms with van der Waals surface area (Å²) in [7, 11) is 0. The van der Waals surface area contributed by atoms with Crippen molar-refractivity contribution in [3.8, 4) is 5.75 Å². The van der Waals surface area contributed by atoms with Crippen LogP contribution in [0, 0.1) is 0 Å². The van der Waals surface area contributed by atoms with Crippen LogP contribution in [0.3, 0.4) is 0 Å². The highest BCUT2D eigenvalue weighted by Crippen LogP contribution is 2.33. The Kier molecular flexibility index (Phi) is 8.49. The molecule has 34 heavy (non-hydrogen) atoms. The molecule has 1 saturated carbocycles. The molecule has 0 spiro atoms. The van der Waals surface area contributed by atoms with Crippen LogP contribution >= 0.6 is 11.6 Å². The molecule has 2 aromatic rings. The Balaban J connectivity index is 1.56. The Morgan fingerprint density at radius 2 is 1.68 bits per heavy atom. The molecule has 0 unspecified atom stereocenters. The molecule has 5 nitrogen and oxygen atoms in total. The normalized spacial score (nSPS) is 19.5. The summed E-state index contributed by atoms with van der Waals surface area (Å²) in [4.78, 5) is 30.8. The SMILES string of the molecule is CCCCOc1ccc([C@H]2C(=O)N(C3CCCCC3)CC(=O)N2CCc2ccc(Cl)cc2)cc1. The van der Waals surface area contributed by atoms with E-state index in [9.17, 15) is 9.59 Å². The van der Waals surface area contributed by atoms with Crippen LogP contribution in [0.15, 0.2) is 48.5 Å². The van der Waals surface area contributed by atoms with Gasteiger partial charge in [-0.3, -0.25) is 9.59 Å². The van der Waals surface area contributed by atoms with E-state index in [1.807, 2.05) is 53.4 Å². The Hall–Kier alpha value is -2.53. The molecule has 0 bridgehead atoms. The second-order valence-electron chi connectivity index (χ2n) is 9.40. The standard InChI is InChI=1S/C28H35ClN2O3/c1-2-3-19-34-25-15-11-22(12-16-25)27-28(33)31(24-7-5-4-6-8-24)20-26(32)30(27)18-17-21-9-13-23(29)14-10-21/h9-16,24,27H,2-8,17-20H2,1H3/t27-/m0/s1. The number of piperazine rings is 1. The lowest BCUT2D eigenvalue weighted by atomic mass is 9.91. The minimum absolute atomic E-state index is 0.0207. The zero-order chi connectivity index (χ0) is 23.9. The van der Waals surface area contributed by atoms with Crippen LogP contribution < -0.4 is 4.74 Å². The second kappa shape index (κ2) is 11.7. The Labute approximate surface area is 208 Å².